The smallest absolute Gasteiger partial charge is 0.250 e. The highest BCUT2D eigenvalue weighted by Crippen LogP contribution is 2.23. The van der Waals surface area contributed by atoms with Gasteiger partial charge in [-0.3, -0.25) is 4.79 Å². The molecule has 9 heteroatoms. The Hall–Kier alpha value is -2.58. The normalized spacial score (nSPS) is 11.2. The standard InChI is InChI=1S/C17H16ClN5O2S/c1-11-3-8-14(25-11)9-19-20-15(24)10-26-17-22-21-16(23(17)2)12-4-6-13(18)7-5-12/h3-9H,10H2,1-2H3,(H,20,24)/b19-9+. The van der Waals surface area contributed by atoms with Crippen molar-refractivity contribution < 1.29 is 9.21 Å². The SMILES string of the molecule is Cc1ccc(/C=N/NC(=O)CSc2nnc(-c3ccc(Cl)cc3)n2C)o1. The van der Waals surface area contributed by atoms with Crippen LogP contribution in [0.25, 0.3) is 11.4 Å². The van der Waals surface area contributed by atoms with E-state index in [0.717, 1.165) is 11.3 Å². The molecular formula is C17H16ClN5O2S. The number of nitrogens with one attached hydrogen (secondary N) is 1. The number of nitrogens with zero attached hydrogens (tertiary/aromatic N) is 4. The number of hydrazone groups is 1. The number of hydrogen-bond donors (Lipinski definition) is 1. The minimum atomic E-state index is -0.245. The summed E-state index contributed by atoms with van der Waals surface area (Å²) in [6, 6.07) is 10.9. The zero-order chi connectivity index (χ0) is 18.5. The average Bonchev–Trinajstić information content (AvgIpc) is 3.20. The lowest BCUT2D eigenvalue weighted by atomic mass is 10.2. The van der Waals surface area contributed by atoms with E-state index in [-0.39, 0.29) is 11.7 Å². The Morgan fingerprint density at radius 3 is 2.77 bits per heavy atom. The second kappa shape index (κ2) is 8.20. The van der Waals surface area contributed by atoms with Gasteiger partial charge in [0.05, 0.1) is 12.0 Å². The fourth-order valence-electron chi connectivity index (χ4n) is 2.14. The van der Waals surface area contributed by atoms with E-state index in [0.29, 0.717) is 21.8 Å². The van der Waals surface area contributed by atoms with Crippen LogP contribution in [0.2, 0.25) is 5.02 Å². The van der Waals surface area contributed by atoms with E-state index in [1.54, 1.807) is 18.2 Å². The Kier molecular flexibility index (Phi) is 5.75. The van der Waals surface area contributed by atoms with Crippen molar-refractivity contribution in [3.63, 3.8) is 0 Å². The Bertz CT molecular complexity index is 933. The van der Waals surface area contributed by atoms with Crippen molar-refractivity contribution in [2.24, 2.45) is 12.1 Å². The summed E-state index contributed by atoms with van der Waals surface area (Å²) < 4.78 is 7.16. The van der Waals surface area contributed by atoms with Crippen LogP contribution in [0.15, 0.2) is 51.1 Å². The zero-order valence-corrected chi connectivity index (χ0v) is 15.7. The molecule has 0 aliphatic heterocycles. The van der Waals surface area contributed by atoms with Crippen molar-refractivity contribution in [2.75, 3.05) is 5.75 Å². The molecule has 0 spiro atoms. The van der Waals surface area contributed by atoms with Gasteiger partial charge in [0.2, 0.25) is 0 Å². The Balaban J connectivity index is 1.55. The lowest BCUT2D eigenvalue weighted by molar-refractivity contribution is -0.118. The minimum Gasteiger partial charge on any atom is -0.460 e. The number of thioether (sulfide) groups is 1. The highest BCUT2D eigenvalue weighted by atomic mass is 35.5. The molecule has 0 unspecified atom stereocenters. The van der Waals surface area contributed by atoms with Crippen LogP contribution < -0.4 is 5.43 Å². The second-order valence-electron chi connectivity index (χ2n) is 5.40. The fourth-order valence-corrected chi connectivity index (χ4v) is 2.97. The predicted molar refractivity (Wildman–Crippen MR) is 101 cm³/mol. The maximum absolute atomic E-state index is 11.9. The summed E-state index contributed by atoms with van der Waals surface area (Å²) in [4.78, 5) is 11.9. The summed E-state index contributed by atoms with van der Waals surface area (Å²) in [5.74, 6) is 1.99. The van der Waals surface area contributed by atoms with E-state index < -0.39 is 0 Å². The molecule has 0 radical (unpaired) electrons. The highest BCUT2D eigenvalue weighted by molar-refractivity contribution is 7.99. The molecule has 7 nitrogen and oxygen atoms in total. The number of hydrogen-bond acceptors (Lipinski definition) is 6. The highest BCUT2D eigenvalue weighted by Gasteiger charge is 2.12. The summed E-state index contributed by atoms with van der Waals surface area (Å²) in [5, 5.41) is 13.5. The third-order valence-electron chi connectivity index (χ3n) is 3.41. The van der Waals surface area contributed by atoms with Gasteiger partial charge in [0.1, 0.15) is 11.5 Å². The topological polar surface area (TPSA) is 85.3 Å². The number of rotatable bonds is 6. The van der Waals surface area contributed by atoms with Crippen molar-refractivity contribution in [1.29, 1.82) is 0 Å². The maximum atomic E-state index is 11.9. The minimum absolute atomic E-state index is 0.168. The number of carbonyl (C=O) groups is 1. The molecule has 2 aromatic heterocycles. The molecule has 0 aliphatic rings. The Labute approximate surface area is 159 Å². The number of aryl methyl sites for hydroxylation is 1. The molecule has 0 fully saturated rings. The number of furan rings is 1. The lowest BCUT2D eigenvalue weighted by Crippen LogP contribution is -2.19. The van der Waals surface area contributed by atoms with E-state index in [9.17, 15) is 4.79 Å². The van der Waals surface area contributed by atoms with Gasteiger partial charge in [-0.05, 0) is 43.3 Å². The first-order chi connectivity index (χ1) is 12.5. The molecule has 0 atom stereocenters. The summed E-state index contributed by atoms with van der Waals surface area (Å²) in [6.45, 7) is 1.84. The Morgan fingerprint density at radius 1 is 1.31 bits per heavy atom. The fraction of sp³-hybridized carbons (Fsp3) is 0.176. The summed E-state index contributed by atoms with van der Waals surface area (Å²) in [5.41, 5.74) is 3.35. The van der Waals surface area contributed by atoms with Gasteiger partial charge in [0.15, 0.2) is 11.0 Å². The zero-order valence-electron chi connectivity index (χ0n) is 14.1. The van der Waals surface area contributed by atoms with Crippen LogP contribution in [-0.4, -0.2) is 32.6 Å². The largest absolute Gasteiger partial charge is 0.460 e. The first-order valence-electron chi connectivity index (χ1n) is 7.69. The van der Waals surface area contributed by atoms with Crippen LogP contribution in [0.5, 0.6) is 0 Å². The van der Waals surface area contributed by atoms with Crippen molar-refractivity contribution >= 4 is 35.5 Å². The van der Waals surface area contributed by atoms with Crippen LogP contribution in [0, 0.1) is 6.92 Å². The molecule has 2 heterocycles. The first-order valence-corrected chi connectivity index (χ1v) is 9.06. The number of halogens is 1. The van der Waals surface area contributed by atoms with Gasteiger partial charge in [-0.2, -0.15) is 5.10 Å². The third-order valence-corrected chi connectivity index (χ3v) is 4.68. The summed E-state index contributed by atoms with van der Waals surface area (Å²) in [7, 11) is 1.85. The molecule has 1 aromatic carbocycles. The van der Waals surface area contributed by atoms with E-state index in [2.05, 4.69) is 20.7 Å². The lowest BCUT2D eigenvalue weighted by Gasteiger charge is -2.03. The van der Waals surface area contributed by atoms with Gasteiger partial charge in [-0.1, -0.05) is 23.4 Å². The van der Waals surface area contributed by atoms with Crippen LogP contribution in [0.4, 0.5) is 0 Å². The van der Waals surface area contributed by atoms with E-state index in [1.165, 1.54) is 18.0 Å². The average molecular weight is 390 g/mol. The monoisotopic (exact) mass is 389 g/mol. The third kappa shape index (κ3) is 4.53. The van der Waals surface area contributed by atoms with Gasteiger partial charge in [-0.15, -0.1) is 10.2 Å². The van der Waals surface area contributed by atoms with Crippen molar-refractivity contribution in [1.82, 2.24) is 20.2 Å². The van der Waals surface area contributed by atoms with Crippen LogP contribution >= 0.6 is 23.4 Å². The van der Waals surface area contributed by atoms with Crippen molar-refractivity contribution in [3.8, 4) is 11.4 Å². The first kappa shape index (κ1) is 18.2. The van der Waals surface area contributed by atoms with Gasteiger partial charge < -0.3 is 8.98 Å². The molecule has 0 bridgehead atoms. The Morgan fingerprint density at radius 2 is 2.08 bits per heavy atom. The molecule has 1 amide bonds. The van der Waals surface area contributed by atoms with Crippen LogP contribution in [-0.2, 0) is 11.8 Å². The summed E-state index contributed by atoms with van der Waals surface area (Å²) in [6.07, 6.45) is 1.45. The molecule has 3 rings (SSSR count). The molecule has 0 aliphatic carbocycles. The molecule has 0 saturated carbocycles. The molecule has 26 heavy (non-hydrogen) atoms. The van der Waals surface area contributed by atoms with E-state index >= 15 is 0 Å². The van der Waals surface area contributed by atoms with Crippen LogP contribution in [0.1, 0.15) is 11.5 Å². The van der Waals surface area contributed by atoms with E-state index in [1.807, 2.05) is 36.7 Å². The maximum Gasteiger partial charge on any atom is 0.250 e. The van der Waals surface area contributed by atoms with Gasteiger partial charge in [0, 0.05) is 17.6 Å². The number of benzene rings is 1. The number of carbonyl (C=O) groups excluding carboxylic acids is 1. The molecular weight excluding hydrogens is 374 g/mol. The second-order valence-corrected chi connectivity index (χ2v) is 6.78. The van der Waals surface area contributed by atoms with Gasteiger partial charge in [-0.25, -0.2) is 5.43 Å². The molecule has 1 N–H and O–H groups in total. The quantitative estimate of drug-likeness (QED) is 0.397. The van der Waals surface area contributed by atoms with E-state index in [4.69, 9.17) is 16.0 Å². The molecule has 134 valence electrons. The predicted octanol–water partition coefficient (Wildman–Crippen LogP) is 3.28. The molecule has 0 saturated heterocycles. The summed E-state index contributed by atoms with van der Waals surface area (Å²) >= 11 is 7.18. The van der Waals surface area contributed by atoms with Gasteiger partial charge in [0.25, 0.3) is 5.91 Å². The van der Waals surface area contributed by atoms with Crippen molar-refractivity contribution in [2.45, 2.75) is 12.1 Å². The van der Waals surface area contributed by atoms with Crippen molar-refractivity contribution in [3.05, 3.63) is 52.9 Å². The van der Waals surface area contributed by atoms with Gasteiger partial charge >= 0.3 is 0 Å². The molecule has 3 aromatic rings. The number of amides is 1. The number of aromatic nitrogens is 3. The van der Waals surface area contributed by atoms with Crippen LogP contribution in [0.3, 0.4) is 0 Å².